The molecule has 2 N–H and O–H groups in total. The first kappa shape index (κ1) is 16.4. The van der Waals surface area contributed by atoms with Gasteiger partial charge in [-0.05, 0) is 37.5 Å². The number of hydrogen-bond donors (Lipinski definition) is 2. The molecule has 24 heavy (non-hydrogen) atoms. The number of aromatic nitrogens is 2. The molecule has 6 heteroatoms. The summed E-state index contributed by atoms with van der Waals surface area (Å²) < 4.78 is 5.52. The molecule has 126 valence electrons. The Morgan fingerprint density at radius 2 is 2.29 bits per heavy atom. The van der Waals surface area contributed by atoms with Gasteiger partial charge in [-0.25, -0.2) is 4.98 Å². The molecular formula is C18H22N4O2. The number of nitrogens with one attached hydrogen (secondary N) is 2. The van der Waals surface area contributed by atoms with Crippen molar-refractivity contribution in [2.45, 2.75) is 32.4 Å². The molecule has 0 aliphatic carbocycles. The Labute approximate surface area is 141 Å². The van der Waals surface area contributed by atoms with Crippen molar-refractivity contribution in [3.05, 3.63) is 53.5 Å². The predicted molar refractivity (Wildman–Crippen MR) is 91.8 cm³/mol. The van der Waals surface area contributed by atoms with E-state index in [1.165, 1.54) is 0 Å². The van der Waals surface area contributed by atoms with Crippen molar-refractivity contribution in [1.82, 2.24) is 15.3 Å². The molecular weight excluding hydrogens is 304 g/mol. The van der Waals surface area contributed by atoms with Crippen LogP contribution in [0.25, 0.3) is 0 Å². The van der Waals surface area contributed by atoms with Crippen LogP contribution in [0.2, 0.25) is 0 Å². The Morgan fingerprint density at radius 3 is 3.08 bits per heavy atom. The fourth-order valence-electron chi connectivity index (χ4n) is 2.68. The number of rotatable bonds is 6. The van der Waals surface area contributed by atoms with E-state index in [1.807, 2.05) is 31.2 Å². The Morgan fingerprint density at radius 1 is 1.38 bits per heavy atom. The minimum Gasteiger partial charge on any atom is -0.376 e. The minimum atomic E-state index is -0.0669. The Bertz CT molecular complexity index is 699. The second-order valence-electron chi connectivity index (χ2n) is 5.94. The first-order chi connectivity index (χ1) is 11.7. The molecule has 0 saturated carbocycles. The molecule has 2 aromatic rings. The highest BCUT2D eigenvalue weighted by molar-refractivity contribution is 5.94. The summed E-state index contributed by atoms with van der Waals surface area (Å²) in [7, 11) is 0. The second-order valence-corrected chi connectivity index (χ2v) is 5.94. The topological polar surface area (TPSA) is 76.1 Å². The van der Waals surface area contributed by atoms with Gasteiger partial charge < -0.3 is 15.4 Å². The third kappa shape index (κ3) is 4.52. The smallest absolute Gasteiger partial charge is 0.251 e. The molecule has 1 aliphatic rings. The number of aryl methyl sites for hydroxylation is 1. The van der Waals surface area contributed by atoms with Crippen LogP contribution >= 0.6 is 0 Å². The highest BCUT2D eigenvalue weighted by Gasteiger charge is 2.16. The van der Waals surface area contributed by atoms with Gasteiger partial charge >= 0.3 is 0 Å². The SMILES string of the molecule is Cc1cncc(NCc2cccc(C(=O)NCC3CCCO3)c2)n1. The van der Waals surface area contributed by atoms with Crippen molar-refractivity contribution >= 4 is 11.7 Å². The quantitative estimate of drug-likeness (QED) is 0.852. The molecule has 2 heterocycles. The molecule has 1 atom stereocenters. The average Bonchev–Trinajstić information content (AvgIpc) is 3.12. The van der Waals surface area contributed by atoms with E-state index in [0.717, 1.165) is 36.5 Å². The zero-order valence-corrected chi connectivity index (χ0v) is 13.8. The van der Waals surface area contributed by atoms with Gasteiger partial charge in [-0.15, -0.1) is 0 Å². The number of carbonyl (C=O) groups is 1. The first-order valence-electron chi connectivity index (χ1n) is 8.22. The zero-order chi connectivity index (χ0) is 16.8. The van der Waals surface area contributed by atoms with Gasteiger partial charge in [-0.2, -0.15) is 0 Å². The van der Waals surface area contributed by atoms with Gasteiger partial charge in [0.2, 0.25) is 0 Å². The van der Waals surface area contributed by atoms with E-state index in [4.69, 9.17) is 4.74 Å². The summed E-state index contributed by atoms with van der Waals surface area (Å²) in [6.07, 6.45) is 5.64. The van der Waals surface area contributed by atoms with Crippen LogP contribution in [-0.2, 0) is 11.3 Å². The summed E-state index contributed by atoms with van der Waals surface area (Å²) in [4.78, 5) is 20.7. The summed E-state index contributed by atoms with van der Waals surface area (Å²) in [6, 6.07) is 7.58. The van der Waals surface area contributed by atoms with Gasteiger partial charge in [-0.3, -0.25) is 9.78 Å². The van der Waals surface area contributed by atoms with Gasteiger partial charge in [0.25, 0.3) is 5.91 Å². The second kappa shape index (κ2) is 7.88. The molecule has 0 spiro atoms. The molecule has 3 rings (SSSR count). The van der Waals surface area contributed by atoms with Gasteiger partial charge in [-0.1, -0.05) is 12.1 Å². The number of benzene rings is 1. The highest BCUT2D eigenvalue weighted by Crippen LogP contribution is 2.12. The van der Waals surface area contributed by atoms with Crippen molar-refractivity contribution < 1.29 is 9.53 Å². The van der Waals surface area contributed by atoms with Crippen molar-refractivity contribution in [2.75, 3.05) is 18.5 Å². The molecule has 1 aromatic carbocycles. The summed E-state index contributed by atoms with van der Waals surface area (Å²) in [5, 5.41) is 6.16. The van der Waals surface area contributed by atoms with Crippen molar-refractivity contribution in [3.8, 4) is 0 Å². The molecule has 1 aliphatic heterocycles. The van der Waals surface area contributed by atoms with Gasteiger partial charge in [0.05, 0.1) is 18.0 Å². The number of carbonyl (C=O) groups excluding carboxylic acids is 1. The molecule has 0 bridgehead atoms. The molecule has 1 fully saturated rings. The lowest BCUT2D eigenvalue weighted by Gasteiger charge is -2.11. The van der Waals surface area contributed by atoms with Crippen molar-refractivity contribution in [1.29, 1.82) is 0 Å². The van der Waals surface area contributed by atoms with E-state index in [0.29, 0.717) is 18.7 Å². The average molecular weight is 326 g/mol. The number of nitrogens with zero attached hydrogens (tertiary/aromatic N) is 2. The summed E-state index contributed by atoms with van der Waals surface area (Å²) in [5.41, 5.74) is 2.54. The largest absolute Gasteiger partial charge is 0.376 e. The van der Waals surface area contributed by atoms with Crippen LogP contribution < -0.4 is 10.6 Å². The summed E-state index contributed by atoms with van der Waals surface area (Å²) in [5.74, 6) is 0.658. The number of hydrogen-bond acceptors (Lipinski definition) is 5. The Balaban J connectivity index is 1.55. The number of amides is 1. The molecule has 1 amide bonds. The first-order valence-corrected chi connectivity index (χ1v) is 8.22. The molecule has 0 radical (unpaired) electrons. The summed E-state index contributed by atoms with van der Waals surface area (Å²) >= 11 is 0. The fraction of sp³-hybridized carbons (Fsp3) is 0.389. The minimum absolute atomic E-state index is 0.0669. The van der Waals surface area contributed by atoms with Crippen LogP contribution in [0.1, 0.15) is 34.5 Å². The van der Waals surface area contributed by atoms with E-state index in [1.54, 1.807) is 12.4 Å². The van der Waals surface area contributed by atoms with E-state index >= 15 is 0 Å². The van der Waals surface area contributed by atoms with E-state index in [-0.39, 0.29) is 12.0 Å². The normalized spacial score (nSPS) is 16.8. The summed E-state index contributed by atoms with van der Waals surface area (Å²) in [6.45, 7) is 3.85. The lowest BCUT2D eigenvalue weighted by atomic mass is 10.1. The van der Waals surface area contributed by atoms with Gasteiger partial charge in [0.15, 0.2) is 0 Å². The number of ether oxygens (including phenoxy) is 1. The van der Waals surface area contributed by atoms with Crippen LogP contribution in [0.5, 0.6) is 0 Å². The highest BCUT2D eigenvalue weighted by atomic mass is 16.5. The molecule has 1 aromatic heterocycles. The molecule has 6 nitrogen and oxygen atoms in total. The van der Waals surface area contributed by atoms with Crippen LogP contribution in [0.3, 0.4) is 0 Å². The van der Waals surface area contributed by atoms with Crippen molar-refractivity contribution in [2.24, 2.45) is 0 Å². The van der Waals surface area contributed by atoms with E-state index < -0.39 is 0 Å². The standard InChI is InChI=1S/C18H22N4O2/c1-13-9-19-12-17(22-13)20-10-14-4-2-5-15(8-14)18(23)21-11-16-6-3-7-24-16/h2,4-5,8-9,12,16H,3,6-7,10-11H2,1H3,(H,20,22)(H,21,23). The monoisotopic (exact) mass is 326 g/mol. The maximum absolute atomic E-state index is 12.3. The zero-order valence-electron chi connectivity index (χ0n) is 13.8. The van der Waals surface area contributed by atoms with Crippen molar-refractivity contribution in [3.63, 3.8) is 0 Å². The molecule has 1 unspecified atom stereocenters. The maximum atomic E-state index is 12.3. The lowest BCUT2D eigenvalue weighted by molar-refractivity contribution is 0.0857. The molecule has 1 saturated heterocycles. The van der Waals surface area contributed by atoms with Crippen LogP contribution in [-0.4, -0.2) is 35.1 Å². The Hall–Kier alpha value is -2.47. The third-order valence-electron chi connectivity index (χ3n) is 3.93. The van der Waals surface area contributed by atoms with Crippen LogP contribution in [0.15, 0.2) is 36.7 Å². The van der Waals surface area contributed by atoms with Crippen LogP contribution in [0, 0.1) is 6.92 Å². The van der Waals surface area contributed by atoms with E-state index in [2.05, 4.69) is 20.6 Å². The third-order valence-corrected chi connectivity index (χ3v) is 3.93. The fourth-order valence-corrected chi connectivity index (χ4v) is 2.68. The van der Waals surface area contributed by atoms with Gasteiger partial charge in [0.1, 0.15) is 5.82 Å². The van der Waals surface area contributed by atoms with E-state index in [9.17, 15) is 4.79 Å². The number of anilines is 1. The maximum Gasteiger partial charge on any atom is 0.251 e. The predicted octanol–water partition coefficient (Wildman–Crippen LogP) is 2.31. The lowest BCUT2D eigenvalue weighted by Crippen LogP contribution is -2.31. The van der Waals surface area contributed by atoms with Crippen LogP contribution in [0.4, 0.5) is 5.82 Å². The van der Waals surface area contributed by atoms with Gasteiger partial charge in [0, 0.05) is 31.5 Å². The Kier molecular flexibility index (Phi) is 5.38.